The second-order valence-corrected chi connectivity index (χ2v) is 2.81. The first-order valence-electron chi connectivity index (χ1n) is 1.50. The Hall–Kier alpha value is 6.59. The molecule has 0 aliphatic carbocycles. The minimum absolute atomic E-state index is 0. The van der Waals surface area contributed by atoms with Crippen molar-refractivity contribution < 1.29 is 166 Å². The molecule has 0 spiro atoms. The van der Waals surface area contributed by atoms with E-state index >= 15 is 0 Å². The number of hydrogen-bond donors (Lipinski definition) is 2. The van der Waals surface area contributed by atoms with Crippen LogP contribution in [-0.2, 0) is 9.13 Å². The molecule has 0 rings (SSSR count). The van der Waals surface area contributed by atoms with Gasteiger partial charge in [0.15, 0.2) is 0 Å². The monoisotopic (exact) mass is 420 g/mol. The standard InChI is InChI=1S/2Ca.2ClH.2K.2H3O4P/c;;;;;;2*1-5(2,3)4/h;;2*1H;;;2*(H3,1,2,3,4)/q2*+2;;;2*+1;;/p-6. The van der Waals surface area contributed by atoms with Crippen molar-refractivity contribution in [1.82, 2.24) is 0 Å². The van der Waals surface area contributed by atoms with Gasteiger partial charge in [0.25, 0.3) is 0 Å². The second kappa shape index (κ2) is 26.5. The summed E-state index contributed by atoms with van der Waals surface area (Å²) in [6.07, 6.45) is 0. The maximum atomic E-state index is 8.66. The van der Waals surface area contributed by atoms with E-state index in [2.05, 4.69) is 0 Å². The van der Waals surface area contributed by atoms with Crippen molar-refractivity contribution in [3.8, 4) is 0 Å². The molecule has 0 bridgehead atoms. The molecule has 16 heavy (non-hydrogen) atoms. The molecule has 0 amide bonds. The molecular formula is H2Ca2Cl2K2O8P2. The summed E-state index contributed by atoms with van der Waals surface area (Å²) in [5, 5.41) is 0. The molecule has 0 atom stereocenters. The van der Waals surface area contributed by atoms with E-state index in [-0.39, 0.29) is 203 Å². The summed E-state index contributed by atoms with van der Waals surface area (Å²) in [5.74, 6) is 0. The zero-order valence-electron chi connectivity index (χ0n) is 8.41. The fourth-order valence-corrected chi connectivity index (χ4v) is 0. The molecule has 0 aromatic carbocycles. The third-order valence-electron chi connectivity index (χ3n) is 0. The number of halogens is 2. The van der Waals surface area contributed by atoms with Gasteiger partial charge in [0.2, 0.25) is 0 Å². The molecule has 0 radical (unpaired) electrons. The fraction of sp³-hybridized carbons (Fsp3) is 0. The average molecular weight is 421 g/mol. The van der Waals surface area contributed by atoms with E-state index in [4.69, 9.17) is 38.5 Å². The normalized spacial score (nSPS) is 7.38. The summed E-state index contributed by atoms with van der Waals surface area (Å²) in [6.45, 7) is 0. The van der Waals surface area contributed by atoms with Crippen LogP contribution in [0.2, 0.25) is 0 Å². The van der Waals surface area contributed by atoms with Crippen LogP contribution in [-0.4, -0.2) is 85.3 Å². The quantitative estimate of drug-likeness (QED) is 0.287. The molecule has 0 heterocycles. The molecule has 2 N–H and O–H groups in total. The maximum absolute atomic E-state index is 8.66. The van der Waals surface area contributed by atoms with Crippen molar-refractivity contribution >= 4 is 91.1 Å². The Labute approximate surface area is 250 Å². The SMILES string of the molecule is O=P([O-])([O-])O.O=P([O-])([O-])O.[Ca+2].[Ca+2].[Cl-].[Cl-].[K+].[K+]. The molecule has 8 nitrogen and oxygen atoms in total. The predicted molar refractivity (Wildman–Crippen MR) is 31.2 cm³/mol. The van der Waals surface area contributed by atoms with Crippen LogP contribution in [0, 0.1) is 0 Å². The van der Waals surface area contributed by atoms with Gasteiger partial charge in [-0.15, -0.1) is 0 Å². The summed E-state index contributed by atoms with van der Waals surface area (Å²) in [5.41, 5.74) is 0. The van der Waals surface area contributed by atoms with Crippen LogP contribution in [0.1, 0.15) is 0 Å². The Morgan fingerprint density at radius 2 is 0.688 bits per heavy atom. The summed E-state index contributed by atoms with van der Waals surface area (Å²) < 4.78 is 17.3. The van der Waals surface area contributed by atoms with Crippen LogP contribution in [0.3, 0.4) is 0 Å². The molecule has 0 unspecified atom stereocenters. The van der Waals surface area contributed by atoms with E-state index in [1.807, 2.05) is 0 Å². The first-order valence-corrected chi connectivity index (χ1v) is 4.49. The molecule has 0 aromatic heterocycles. The van der Waals surface area contributed by atoms with Gasteiger partial charge < -0.3 is 63.3 Å². The first kappa shape index (κ1) is 49.5. The molecular weight excluding hydrogens is 419 g/mol. The summed E-state index contributed by atoms with van der Waals surface area (Å²) >= 11 is 0. The topological polar surface area (TPSA) is 167 Å². The third-order valence-corrected chi connectivity index (χ3v) is 0. The van der Waals surface area contributed by atoms with Crippen molar-refractivity contribution in [3.05, 3.63) is 0 Å². The number of rotatable bonds is 0. The molecule has 0 aromatic rings. The Balaban J connectivity index is -0.00000000970. The third kappa shape index (κ3) is 182. The Kier molecular flexibility index (Phi) is 81.9. The molecule has 0 aliphatic heterocycles. The van der Waals surface area contributed by atoms with Crippen molar-refractivity contribution in [2.24, 2.45) is 0 Å². The zero-order chi connectivity index (χ0) is 9.00. The van der Waals surface area contributed by atoms with E-state index in [1.165, 1.54) is 0 Å². The van der Waals surface area contributed by atoms with Gasteiger partial charge in [-0.05, 0) is 0 Å². The summed E-state index contributed by atoms with van der Waals surface area (Å²) in [7, 11) is -10.3. The molecule has 0 saturated heterocycles. The van der Waals surface area contributed by atoms with Crippen molar-refractivity contribution in [2.75, 3.05) is 0 Å². The van der Waals surface area contributed by atoms with Gasteiger partial charge in [-0.3, -0.25) is 0 Å². The summed E-state index contributed by atoms with van der Waals surface area (Å²) in [4.78, 5) is 48.6. The summed E-state index contributed by atoms with van der Waals surface area (Å²) in [6, 6.07) is 0. The molecule has 0 aliphatic rings. The van der Waals surface area contributed by atoms with E-state index in [9.17, 15) is 0 Å². The van der Waals surface area contributed by atoms with Gasteiger partial charge in [-0.2, -0.15) is 0 Å². The van der Waals surface area contributed by atoms with Crippen molar-refractivity contribution in [2.45, 2.75) is 0 Å². The van der Waals surface area contributed by atoms with E-state index in [1.54, 1.807) is 0 Å². The van der Waals surface area contributed by atoms with Crippen LogP contribution in [0.25, 0.3) is 0 Å². The van der Waals surface area contributed by atoms with Gasteiger partial charge in [0, 0.05) is 0 Å². The van der Waals surface area contributed by atoms with Gasteiger partial charge in [-0.25, -0.2) is 0 Å². The van der Waals surface area contributed by atoms with Crippen LogP contribution in [0.5, 0.6) is 0 Å². The zero-order valence-corrected chi connectivity index (χ0v) is 22.4. The van der Waals surface area contributed by atoms with Crippen LogP contribution >= 0.6 is 15.6 Å². The smallest absolute Gasteiger partial charge is 1.00 e. The van der Waals surface area contributed by atoms with Gasteiger partial charge in [-0.1, -0.05) is 0 Å². The Bertz CT molecular complexity index is 144. The van der Waals surface area contributed by atoms with E-state index in [0.717, 1.165) is 0 Å². The van der Waals surface area contributed by atoms with E-state index < -0.39 is 15.6 Å². The van der Waals surface area contributed by atoms with Gasteiger partial charge in [0.05, 0.1) is 15.6 Å². The van der Waals surface area contributed by atoms with Gasteiger partial charge >= 0.3 is 178 Å². The minimum atomic E-state index is -5.14. The Morgan fingerprint density at radius 1 is 0.688 bits per heavy atom. The van der Waals surface area contributed by atoms with Crippen molar-refractivity contribution in [3.63, 3.8) is 0 Å². The number of hydrogen-bond acceptors (Lipinski definition) is 6. The second-order valence-electron chi connectivity index (χ2n) is 0.937. The Morgan fingerprint density at radius 3 is 0.688 bits per heavy atom. The van der Waals surface area contributed by atoms with Crippen LogP contribution in [0.4, 0.5) is 0 Å². The molecule has 16 heteroatoms. The fourth-order valence-electron chi connectivity index (χ4n) is 0. The number of phosphoric acid groups is 2. The largest absolute Gasteiger partial charge is 2.00 e. The molecule has 80 valence electrons. The average Bonchev–Trinajstić information content (AvgIpc) is 1.12. The molecule has 0 fully saturated rings. The van der Waals surface area contributed by atoms with Crippen molar-refractivity contribution in [1.29, 1.82) is 0 Å². The molecule has 0 saturated carbocycles. The van der Waals surface area contributed by atoms with E-state index in [0.29, 0.717) is 0 Å². The van der Waals surface area contributed by atoms with Crippen LogP contribution < -0.4 is 147 Å². The van der Waals surface area contributed by atoms with Gasteiger partial charge in [0.1, 0.15) is 0 Å². The maximum Gasteiger partial charge on any atom is 2.00 e. The minimum Gasteiger partial charge on any atom is -1.00 e. The van der Waals surface area contributed by atoms with Crippen LogP contribution in [0.15, 0.2) is 0 Å². The predicted octanol–water partition coefficient (Wildman–Crippen LogP) is -17.1. The first-order chi connectivity index (χ1) is 4.00.